The maximum atomic E-state index is 4.22. The van der Waals surface area contributed by atoms with Crippen LogP contribution in [0.15, 0.2) is 36.7 Å². The molecule has 0 radical (unpaired) electrons. The zero-order valence-corrected chi connectivity index (χ0v) is 13.6. The third kappa shape index (κ3) is 3.20. The van der Waals surface area contributed by atoms with Crippen molar-refractivity contribution in [3.05, 3.63) is 36.7 Å². The molecule has 0 saturated heterocycles. The number of rotatable bonds is 2. The largest absolute Gasteiger partial charge is 0.382 e. The lowest BCUT2D eigenvalue weighted by Crippen LogP contribution is -2.40. The van der Waals surface area contributed by atoms with Crippen molar-refractivity contribution in [1.29, 1.82) is 0 Å². The molecule has 1 N–H and O–H groups in total. The Morgan fingerprint density at radius 1 is 1.05 bits per heavy atom. The molecule has 0 spiro atoms. The monoisotopic (exact) mass is 282 g/mol. The molecule has 1 aromatic carbocycles. The van der Waals surface area contributed by atoms with Gasteiger partial charge in [-0.05, 0) is 42.2 Å². The van der Waals surface area contributed by atoms with Gasteiger partial charge in [0, 0.05) is 34.9 Å². The average molecular weight is 282 g/mol. The minimum absolute atomic E-state index is 0.408. The SMILES string of the molecule is CC1(C)CC(Nc2cccc3cnccc23)CC(C)(C)C1. The normalized spacial score (nSPS) is 21.3. The summed E-state index contributed by atoms with van der Waals surface area (Å²) in [6.07, 6.45) is 7.59. The minimum Gasteiger partial charge on any atom is -0.382 e. The molecule has 1 aliphatic carbocycles. The summed E-state index contributed by atoms with van der Waals surface area (Å²) < 4.78 is 0. The maximum absolute atomic E-state index is 4.22. The van der Waals surface area contributed by atoms with Gasteiger partial charge in [-0.25, -0.2) is 0 Å². The van der Waals surface area contributed by atoms with Crippen molar-refractivity contribution in [2.75, 3.05) is 5.32 Å². The Bertz CT molecular complexity index is 622. The Hall–Kier alpha value is -1.57. The molecule has 1 aliphatic rings. The van der Waals surface area contributed by atoms with Crippen LogP contribution in [0.3, 0.4) is 0 Å². The standard InChI is InChI=1S/C19H26N2/c1-18(2)10-15(11-19(3,4)13-18)21-17-7-5-6-14-12-20-9-8-16(14)17/h5-9,12,15,21H,10-11,13H2,1-4H3. The lowest BCUT2D eigenvalue weighted by Gasteiger charge is -2.45. The topological polar surface area (TPSA) is 24.9 Å². The number of hydrogen-bond acceptors (Lipinski definition) is 2. The molecule has 0 bridgehead atoms. The summed E-state index contributed by atoms with van der Waals surface area (Å²) in [6, 6.07) is 9.09. The first-order valence-electron chi connectivity index (χ1n) is 7.94. The van der Waals surface area contributed by atoms with E-state index in [2.05, 4.69) is 62.3 Å². The summed E-state index contributed by atoms with van der Waals surface area (Å²) in [7, 11) is 0. The first-order valence-corrected chi connectivity index (χ1v) is 7.94. The zero-order chi connectivity index (χ0) is 15.1. The molecule has 0 unspecified atom stereocenters. The maximum Gasteiger partial charge on any atom is 0.0423 e. The van der Waals surface area contributed by atoms with Gasteiger partial charge in [0.15, 0.2) is 0 Å². The Kier molecular flexibility index (Phi) is 3.43. The van der Waals surface area contributed by atoms with Gasteiger partial charge in [-0.1, -0.05) is 39.8 Å². The quantitative estimate of drug-likeness (QED) is 0.813. The van der Waals surface area contributed by atoms with Gasteiger partial charge in [-0.2, -0.15) is 0 Å². The first kappa shape index (κ1) is 14.4. The van der Waals surface area contributed by atoms with Gasteiger partial charge in [-0.3, -0.25) is 4.98 Å². The van der Waals surface area contributed by atoms with E-state index in [0.29, 0.717) is 16.9 Å². The van der Waals surface area contributed by atoms with Crippen LogP contribution in [0.1, 0.15) is 47.0 Å². The van der Waals surface area contributed by atoms with Gasteiger partial charge in [0.25, 0.3) is 0 Å². The van der Waals surface area contributed by atoms with Gasteiger partial charge in [0.1, 0.15) is 0 Å². The Balaban J connectivity index is 1.88. The van der Waals surface area contributed by atoms with Crippen molar-refractivity contribution in [2.45, 2.75) is 53.0 Å². The van der Waals surface area contributed by atoms with Crippen molar-refractivity contribution < 1.29 is 0 Å². The van der Waals surface area contributed by atoms with Crippen molar-refractivity contribution in [1.82, 2.24) is 4.98 Å². The van der Waals surface area contributed by atoms with Gasteiger partial charge in [0.2, 0.25) is 0 Å². The van der Waals surface area contributed by atoms with E-state index in [0.717, 1.165) is 0 Å². The highest BCUT2D eigenvalue weighted by Crippen LogP contribution is 2.46. The molecule has 0 amide bonds. The van der Waals surface area contributed by atoms with Crippen LogP contribution in [0.5, 0.6) is 0 Å². The summed E-state index contributed by atoms with van der Waals surface area (Å²) in [5.41, 5.74) is 2.06. The number of anilines is 1. The van der Waals surface area contributed by atoms with Crippen LogP contribution in [-0.2, 0) is 0 Å². The molecule has 0 atom stereocenters. The number of pyridine rings is 1. The molecule has 112 valence electrons. The third-order valence-electron chi connectivity index (χ3n) is 4.60. The zero-order valence-electron chi connectivity index (χ0n) is 13.6. The van der Waals surface area contributed by atoms with E-state index < -0.39 is 0 Å². The number of aromatic nitrogens is 1. The lowest BCUT2D eigenvalue weighted by atomic mass is 9.63. The fraction of sp³-hybridized carbons (Fsp3) is 0.526. The summed E-state index contributed by atoms with van der Waals surface area (Å²) in [5, 5.41) is 6.28. The summed E-state index contributed by atoms with van der Waals surface area (Å²) in [6.45, 7) is 9.59. The van der Waals surface area contributed by atoms with Crippen LogP contribution >= 0.6 is 0 Å². The lowest BCUT2D eigenvalue weighted by molar-refractivity contribution is 0.105. The average Bonchev–Trinajstić information content (AvgIpc) is 2.35. The highest BCUT2D eigenvalue weighted by atomic mass is 14.9. The van der Waals surface area contributed by atoms with Crippen LogP contribution in [0.25, 0.3) is 10.8 Å². The molecule has 3 rings (SSSR count). The van der Waals surface area contributed by atoms with E-state index in [-0.39, 0.29) is 0 Å². The van der Waals surface area contributed by atoms with Crippen LogP contribution in [0.4, 0.5) is 5.69 Å². The predicted molar refractivity (Wildman–Crippen MR) is 90.6 cm³/mol. The van der Waals surface area contributed by atoms with Gasteiger partial charge in [-0.15, -0.1) is 0 Å². The second kappa shape index (κ2) is 5.01. The van der Waals surface area contributed by atoms with Crippen molar-refractivity contribution in [2.24, 2.45) is 10.8 Å². The second-order valence-electron chi connectivity index (χ2n) is 8.16. The smallest absolute Gasteiger partial charge is 0.0423 e. The molecule has 2 aromatic rings. The number of fused-ring (bicyclic) bond motifs is 1. The summed E-state index contributed by atoms with van der Waals surface area (Å²) >= 11 is 0. The molecule has 2 nitrogen and oxygen atoms in total. The fourth-order valence-corrected chi connectivity index (χ4v) is 4.42. The number of benzene rings is 1. The molecule has 1 fully saturated rings. The number of hydrogen-bond donors (Lipinski definition) is 1. The number of nitrogens with one attached hydrogen (secondary N) is 1. The molecule has 1 saturated carbocycles. The van der Waals surface area contributed by atoms with Crippen molar-refractivity contribution in [3.63, 3.8) is 0 Å². The third-order valence-corrected chi connectivity index (χ3v) is 4.60. The molecular weight excluding hydrogens is 256 g/mol. The Morgan fingerprint density at radius 2 is 1.76 bits per heavy atom. The van der Waals surface area contributed by atoms with Gasteiger partial charge in [0.05, 0.1) is 0 Å². The highest BCUT2D eigenvalue weighted by molar-refractivity contribution is 5.93. The van der Waals surface area contributed by atoms with E-state index in [4.69, 9.17) is 0 Å². The molecular formula is C19H26N2. The van der Waals surface area contributed by atoms with Gasteiger partial charge >= 0.3 is 0 Å². The van der Waals surface area contributed by atoms with E-state index in [1.807, 2.05) is 12.4 Å². The number of nitrogens with zero attached hydrogens (tertiary/aromatic N) is 1. The van der Waals surface area contributed by atoms with Crippen LogP contribution in [0.2, 0.25) is 0 Å². The van der Waals surface area contributed by atoms with Gasteiger partial charge < -0.3 is 5.32 Å². The summed E-state index contributed by atoms with van der Waals surface area (Å²) in [4.78, 5) is 4.22. The molecule has 21 heavy (non-hydrogen) atoms. The highest BCUT2D eigenvalue weighted by Gasteiger charge is 2.38. The summed E-state index contributed by atoms with van der Waals surface area (Å²) in [5.74, 6) is 0. The van der Waals surface area contributed by atoms with Crippen LogP contribution in [0, 0.1) is 10.8 Å². The van der Waals surface area contributed by atoms with E-state index in [9.17, 15) is 0 Å². The minimum atomic E-state index is 0.408. The fourth-order valence-electron chi connectivity index (χ4n) is 4.42. The van der Waals surface area contributed by atoms with E-state index in [1.165, 1.54) is 35.7 Å². The Morgan fingerprint density at radius 3 is 2.48 bits per heavy atom. The molecule has 0 aliphatic heterocycles. The second-order valence-corrected chi connectivity index (χ2v) is 8.16. The molecule has 1 aromatic heterocycles. The van der Waals surface area contributed by atoms with Crippen LogP contribution in [-0.4, -0.2) is 11.0 Å². The van der Waals surface area contributed by atoms with Crippen molar-refractivity contribution in [3.8, 4) is 0 Å². The van der Waals surface area contributed by atoms with E-state index >= 15 is 0 Å². The predicted octanol–water partition coefficient (Wildman–Crippen LogP) is 5.25. The van der Waals surface area contributed by atoms with Crippen molar-refractivity contribution >= 4 is 16.5 Å². The first-order chi connectivity index (χ1) is 9.85. The Labute approximate surface area is 128 Å². The molecule has 1 heterocycles. The molecule has 2 heteroatoms. The van der Waals surface area contributed by atoms with Crippen LogP contribution < -0.4 is 5.32 Å². The van der Waals surface area contributed by atoms with E-state index in [1.54, 1.807) is 0 Å².